The zero-order valence-electron chi connectivity index (χ0n) is 14.6. The number of ether oxygens (including phenoxy) is 2. The fraction of sp³-hybridized carbons (Fsp3) is 0.200. The van der Waals surface area contributed by atoms with Gasteiger partial charge in [0.25, 0.3) is 0 Å². The lowest BCUT2D eigenvalue weighted by atomic mass is 9.98. The lowest BCUT2D eigenvalue weighted by molar-refractivity contribution is -0.136. The first kappa shape index (κ1) is 17.5. The van der Waals surface area contributed by atoms with E-state index in [1.807, 2.05) is 55.5 Å². The first-order chi connectivity index (χ1) is 12.6. The summed E-state index contributed by atoms with van der Waals surface area (Å²) in [5, 5.41) is 13.3. The van der Waals surface area contributed by atoms with Crippen LogP contribution in [0.25, 0.3) is 22.4 Å². The van der Waals surface area contributed by atoms with E-state index in [9.17, 15) is 9.90 Å². The molecule has 0 saturated heterocycles. The van der Waals surface area contributed by atoms with Gasteiger partial charge in [0.05, 0.1) is 19.3 Å². The summed E-state index contributed by atoms with van der Waals surface area (Å²) in [7, 11) is 1.60. The van der Waals surface area contributed by atoms with Crippen molar-refractivity contribution in [2.45, 2.75) is 13.3 Å². The van der Waals surface area contributed by atoms with E-state index < -0.39 is 5.97 Å². The first-order valence-electron chi connectivity index (χ1n) is 8.20. The number of hydrogen-bond acceptors (Lipinski definition) is 5. The summed E-state index contributed by atoms with van der Waals surface area (Å²) in [6.07, 6.45) is -0.244. The molecule has 3 rings (SSSR count). The van der Waals surface area contributed by atoms with Gasteiger partial charge in [-0.05, 0) is 48.9 Å². The summed E-state index contributed by atoms with van der Waals surface area (Å²) < 4.78 is 16.0. The predicted octanol–water partition coefficient (Wildman–Crippen LogP) is 4.04. The molecular formula is C20H19NO5. The van der Waals surface area contributed by atoms with E-state index in [4.69, 9.17) is 14.0 Å². The maximum atomic E-state index is 11.2. The van der Waals surface area contributed by atoms with E-state index in [0.29, 0.717) is 23.6 Å². The van der Waals surface area contributed by atoms with Crippen LogP contribution in [0.5, 0.6) is 11.5 Å². The van der Waals surface area contributed by atoms with Gasteiger partial charge in [-0.15, -0.1) is 0 Å². The van der Waals surface area contributed by atoms with Gasteiger partial charge in [-0.2, -0.15) is 0 Å². The summed E-state index contributed by atoms with van der Waals surface area (Å²) in [6, 6.07) is 14.8. The highest BCUT2D eigenvalue weighted by Crippen LogP contribution is 2.36. The Morgan fingerprint density at radius 1 is 1.04 bits per heavy atom. The highest BCUT2D eigenvalue weighted by molar-refractivity contribution is 5.85. The van der Waals surface area contributed by atoms with Crippen LogP contribution >= 0.6 is 0 Å². The van der Waals surface area contributed by atoms with Crippen molar-refractivity contribution in [2.75, 3.05) is 13.7 Å². The third-order valence-corrected chi connectivity index (χ3v) is 3.89. The molecule has 0 aliphatic carbocycles. The monoisotopic (exact) mass is 353 g/mol. The number of rotatable bonds is 7. The van der Waals surface area contributed by atoms with Crippen LogP contribution in [0, 0.1) is 0 Å². The Hall–Kier alpha value is -3.28. The average Bonchev–Trinajstić information content (AvgIpc) is 3.05. The molecule has 26 heavy (non-hydrogen) atoms. The standard InChI is InChI=1S/C20H19NO5/c1-3-25-16-10-4-13(5-11-16)19-17(12-18(22)23)26-21-20(19)14-6-8-15(24-2)9-7-14/h4-11H,3,12H2,1-2H3,(H,22,23). The largest absolute Gasteiger partial charge is 0.497 e. The Bertz CT molecular complexity index is 882. The van der Waals surface area contributed by atoms with E-state index in [2.05, 4.69) is 5.16 Å². The topological polar surface area (TPSA) is 81.8 Å². The van der Waals surface area contributed by atoms with Gasteiger partial charge in [-0.1, -0.05) is 17.3 Å². The van der Waals surface area contributed by atoms with Crippen LogP contribution in [0.3, 0.4) is 0 Å². The summed E-state index contributed by atoms with van der Waals surface area (Å²) in [5.41, 5.74) is 2.89. The molecule has 1 aromatic heterocycles. The number of aliphatic carboxylic acids is 1. The van der Waals surface area contributed by atoms with E-state index in [0.717, 1.165) is 22.6 Å². The Labute approximate surface area is 151 Å². The van der Waals surface area contributed by atoms with E-state index >= 15 is 0 Å². The van der Waals surface area contributed by atoms with Gasteiger partial charge in [0, 0.05) is 5.56 Å². The van der Waals surface area contributed by atoms with Gasteiger partial charge in [0.1, 0.15) is 23.6 Å². The second kappa shape index (κ2) is 7.74. The molecule has 0 aliphatic rings. The molecule has 0 spiro atoms. The minimum absolute atomic E-state index is 0.244. The van der Waals surface area contributed by atoms with Crippen LogP contribution in [-0.2, 0) is 11.2 Å². The summed E-state index contributed by atoms with van der Waals surface area (Å²) in [6.45, 7) is 2.49. The molecule has 2 aromatic carbocycles. The number of hydrogen-bond donors (Lipinski definition) is 1. The number of nitrogens with zero attached hydrogens (tertiary/aromatic N) is 1. The summed E-state index contributed by atoms with van der Waals surface area (Å²) >= 11 is 0. The van der Waals surface area contributed by atoms with E-state index in [1.54, 1.807) is 7.11 Å². The van der Waals surface area contributed by atoms with Crippen molar-refractivity contribution >= 4 is 5.97 Å². The van der Waals surface area contributed by atoms with Crippen molar-refractivity contribution in [1.82, 2.24) is 5.16 Å². The van der Waals surface area contributed by atoms with E-state index in [1.165, 1.54) is 0 Å². The minimum Gasteiger partial charge on any atom is -0.497 e. The van der Waals surface area contributed by atoms with Gasteiger partial charge in [0.2, 0.25) is 0 Å². The Morgan fingerprint density at radius 3 is 2.23 bits per heavy atom. The lowest BCUT2D eigenvalue weighted by Gasteiger charge is -2.07. The molecule has 6 nitrogen and oxygen atoms in total. The normalized spacial score (nSPS) is 10.5. The number of carboxylic acids is 1. The fourth-order valence-corrected chi connectivity index (χ4v) is 2.71. The molecule has 134 valence electrons. The third-order valence-electron chi connectivity index (χ3n) is 3.89. The summed E-state index contributed by atoms with van der Waals surface area (Å²) in [5.74, 6) is 0.811. The Balaban J connectivity index is 2.07. The number of carbonyl (C=O) groups is 1. The molecule has 0 radical (unpaired) electrons. The van der Waals surface area contributed by atoms with Gasteiger partial charge in [-0.25, -0.2) is 0 Å². The van der Waals surface area contributed by atoms with Crippen molar-refractivity contribution in [1.29, 1.82) is 0 Å². The van der Waals surface area contributed by atoms with Crippen LogP contribution in [0.4, 0.5) is 0 Å². The maximum Gasteiger partial charge on any atom is 0.311 e. The molecule has 0 saturated carbocycles. The van der Waals surface area contributed by atoms with Gasteiger partial charge in [0.15, 0.2) is 5.76 Å². The molecule has 0 unspecified atom stereocenters. The Kier molecular flexibility index (Phi) is 5.22. The molecule has 0 bridgehead atoms. The highest BCUT2D eigenvalue weighted by atomic mass is 16.5. The van der Waals surface area contributed by atoms with Crippen LogP contribution in [-0.4, -0.2) is 29.9 Å². The van der Waals surface area contributed by atoms with Gasteiger partial charge < -0.3 is 19.1 Å². The van der Waals surface area contributed by atoms with Crippen molar-refractivity contribution < 1.29 is 23.9 Å². The van der Waals surface area contributed by atoms with Crippen LogP contribution in [0.1, 0.15) is 12.7 Å². The zero-order chi connectivity index (χ0) is 18.5. The van der Waals surface area contributed by atoms with Crippen molar-refractivity contribution in [3.05, 3.63) is 54.3 Å². The fourth-order valence-electron chi connectivity index (χ4n) is 2.71. The molecule has 1 N–H and O–H groups in total. The number of methoxy groups -OCH3 is 1. The summed E-state index contributed by atoms with van der Waals surface area (Å²) in [4.78, 5) is 11.2. The smallest absolute Gasteiger partial charge is 0.311 e. The number of benzene rings is 2. The molecule has 0 amide bonds. The number of aromatic nitrogens is 1. The third kappa shape index (κ3) is 3.69. The molecule has 3 aromatic rings. The zero-order valence-corrected chi connectivity index (χ0v) is 14.6. The second-order valence-electron chi connectivity index (χ2n) is 5.59. The van der Waals surface area contributed by atoms with Crippen molar-refractivity contribution in [3.8, 4) is 33.9 Å². The SMILES string of the molecule is CCOc1ccc(-c2c(-c3ccc(OC)cc3)noc2CC(=O)O)cc1. The van der Waals surface area contributed by atoms with Gasteiger partial charge in [-0.3, -0.25) is 4.79 Å². The molecular weight excluding hydrogens is 334 g/mol. The van der Waals surface area contributed by atoms with Crippen molar-refractivity contribution in [2.24, 2.45) is 0 Å². The molecule has 0 aliphatic heterocycles. The average molecular weight is 353 g/mol. The quantitative estimate of drug-likeness (QED) is 0.690. The Morgan fingerprint density at radius 2 is 1.65 bits per heavy atom. The van der Waals surface area contributed by atoms with Crippen LogP contribution < -0.4 is 9.47 Å². The predicted molar refractivity (Wildman–Crippen MR) is 96.4 cm³/mol. The number of carboxylic acid groups (broad SMARTS) is 1. The van der Waals surface area contributed by atoms with E-state index in [-0.39, 0.29) is 6.42 Å². The lowest BCUT2D eigenvalue weighted by Crippen LogP contribution is -2.00. The maximum absolute atomic E-state index is 11.2. The highest BCUT2D eigenvalue weighted by Gasteiger charge is 2.21. The van der Waals surface area contributed by atoms with Crippen molar-refractivity contribution in [3.63, 3.8) is 0 Å². The molecule has 0 fully saturated rings. The second-order valence-corrected chi connectivity index (χ2v) is 5.59. The molecule has 6 heteroatoms. The first-order valence-corrected chi connectivity index (χ1v) is 8.20. The minimum atomic E-state index is -0.977. The molecule has 0 atom stereocenters. The molecule has 1 heterocycles. The van der Waals surface area contributed by atoms with Crippen LogP contribution in [0.15, 0.2) is 53.1 Å². The van der Waals surface area contributed by atoms with Gasteiger partial charge >= 0.3 is 5.97 Å². The van der Waals surface area contributed by atoms with Crippen LogP contribution in [0.2, 0.25) is 0 Å².